The summed E-state index contributed by atoms with van der Waals surface area (Å²) in [5, 5.41) is 0.829. The molecule has 1 aromatic heterocycles. The molecule has 1 aliphatic heterocycles. The van der Waals surface area contributed by atoms with Crippen LogP contribution in [0.15, 0.2) is 24.3 Å². The van der Waals surface area contributed by atoms with Crippen LogP contribution in [0.1, 0.15) is 34.2 Å². The Morgan fingerprint density at radius 2 is 2.00 bits per heavy atom. The summed E-state index contributed by atoms with van der Waals surface area (Å²) in [5.41, 5.74) is 2.18. The minimum atomic E-state index is -3.00. The Morgan fingerprint density at radius 1 is 1.27 bits per heavy atom. The highest BCUT2D eigenvalue weighted by molar-refractivity contribution is 7.91. The number of nitrogens with zero attached hydrogens (tertiary/aromatic N) is 1. The Balaban J connectivity index is 1.77. The topological polar surface area (TPSA) is 65.4 Å². The Labute approximate surface area is 162 Å². The standard InChI is InChI=1S/C18H19Cl2NO4S/c1-11-7-15(12(2)21(11)14-5-6-26(23,24)10-14)17(22)9-25-18-4-3-13(19)8-16(18)20/h3-4,7-8,14H,5-6,9-10H2,1-2H3/t14-/m1/s1. The smallest absolute Gasteiger partial charge is 0.202 e. The van der Waals surface area contributed by atoms with Crippen LogP contribution in [0.25, 0.3) is 0 Å². The molecule has 0 radical (unpaired) electrons. The lowest BCUT2D eigenvalue weighted by Gasteiger charge is -2.16. The summed E-state index contributed by atoms with van der Waals surface area (Å²) in [6, 6.07) is 6.47. The zero-order chi connectivity index (χ0) is 19.1. The third-order valence-corrected chi connectivity index (χ3v) is 6.89. The molecule has 0 unspecified atom stereocenters. The van der Waals surface area contributed by atoms with Crippen molar-refractivity contribution in [3.05, 3.63) is 51.3 Å². The van der Waals surface area contributed by atoms with Crippen molar-refractivity contribution < 1.29 is 17.9 Å². The molecule has 0 N–H and O–H groups in total. The number of halogens is 2. The van der Waals surface area contributed by atoms with Gasteiger partial charge in [0.25, 0.3) is 0 Å². The third-order valence-electron chi connectivity index (χ3n) is 4.61. The summed E-state index contributed by atoms with van der Waals surface area (Å²) in [6.45, 7) is 3.56. The Hall–Kier alpha value is -1.50. The highest BCUT2D eigenvalue weighted by Crippen LogP contribution is 2.30. The first kappa shape index (κ1) is 19.3. The second-order valence-corrected chi connectivity index (χ2v) is 9.57. The molecule has 0 amide bonds. The maximum absolute atomic E-state index is 12.6. The van der Waals surface area contributed by atoms with E-state index in [2.05, 4.69) is 0 Å². The van der Waals surface area contributed by atoms with E-state index in [4.69, 9.17) is 27.9 Å². The zero-order valence-electron chi connectivity index (χ0n) is 14.5. The number of ketones is 1. The largest absolute Gasteiger partial charge is 0.484 e. The van der Waals surface area contributed by atoms with Gasteiger partial charge in [0.1, 0.15) is 5.75 Å². The van der Waals surface area contributed by atoms with Gasteiger partial charge in [-0.1, -0.05) is 23.2 Å². The maximum Gasteiger partial charge on any atom is 0.202 e. The lowest BCUT2D eigenvalue weighted by molar-refractivity contribution is 0.0921. The van der Waals surface area contributed by atoms with Gasteiger partial charge >= 0.3 is 0 Å². The number of hydrogen-bond acceptors (Lipinski definition) is 4. The predicted octanol–water partition coefficient (Wildman–Crippen LogP) is 4.03. The molecule has 2 aromatic rings. The van der Waals surface area contributed by atoms with E-state index in [-0.39, 0.29) is 29.9 Å². The Kier molecular flexibility index (Phi) is 5.37. The maximum atomic E-state index is 12.6. The summed E-state index contributed by atoms with van der Waals surface area (Å²) in [4.78, 5) is 12.6. The minimum Gasteiger partial charge on any atom is -0.484 e. The minimum absolute atomic E-state index is 0.117. The van der Waals surface area contributed by atoms with Gasteiger partial charge < -0.3 is 9.30 Å². The fourth-order valence-corrected chi connectivity index (χ4v) is 5.58. The number of carbonyl (C=O) groups is 1. The number of benzene rings is 1. The van der Waals surface area contributed by atoms with Crippen LogP contribution in [-0.2, 0) is 9.84 Å². The number of aryl methyl sites for hydroxylation is 1. The average Bonchev–Trinajstić information content (AvgIpc) is 3.05. The van der Waals surface area contributed by atoms with Crippen molar-refractivity contribution in [1.82, 2.24) is 4.57 Å². The predicted molar refractivity (Wildman–Crippen MR) is 103 cm³/mol. The first-order valence-corrected chi connectivity index (χ1v) is 10.8. The van der Waals surface area contributed by atoms with Crippen LogP contribution < -0.4 is 4.74 Å². The Bertz CT molecular complexity index is 966. The molecule has 1 aromatic carbocycles. The monoisotopic (exact) mass is 415 g/mol. The number of Topliss-reactive ketones (excluding diaryl/α,β-unsaturated/α-hetero) is 1. The van der Waals surface area contributed by atoms with E-state index in [1.165, 1.54) is 0 Å². The zero-order valence-corrected chi connectivity index (χ0v) is 16.8. The van der Waals surface area contributed by atoms with Crippen molar-refractivity contribution in [1.29, 1.82) is 0 Å². The van der Waals surface area contributed by atoms with Crippen molar-refractivity contribution in [2.75, 3.05) is 18.1 Å². The lowest BCUT2D eigenvalue weighted by atomic mass is 10.1. The summed E-state index contributed by atoms with van der Waals surface area (Å²) in [6.07, 6.45) is 0.573. The molecule has 1 saturated heterocycles. The van der Waals surface area contributed by atoms with Crippen LogP contribution in [0.5, 0.6) is 5.75 Å². The molecule has 0 spiro atoms. The molecule has 1 atom stereocenters. The highest BCUT2D eigenvalue weighted by atomic mass is 35.5. The van der Waals surface area contributed by atoms with Crippen molar-refractivity contribution in [2.45, 2.75) is 26.3 Å². The van der Waals surface area contributed by atoms with Crippen LogP contribution in [0, 0.1) is 13.8 Å². The van der Waals surface area contributed by atoms with Crippen molar-refractivity contribution >= 4 is 38.8 Å². The summed E-state index contributed by atoms with van der Waals surface area (Å²) in [5.74, 6) is 0.515. The number of sulfone groups is 1. The van der Waals surface area contributed by atoms with Gasteiger partial charge in [0.2, 0.25) is 5.78 Å². The SMILES string of the molecule is Cc1cc(C(=O)COc2ccc(Cl)cc2Cl)c(C)n1[C@@H]1CCS(=O)(=O)C1. The number of hydrogen-bond donors (Lipinski definition) is 0. The van der Waals surface area contributed by atoms with E-state index >= 15 is 0 Å². The van der Waals surface area contributed by atoms with Gasteiger partial charge in [-0.05, 0) is 44.5 Å². The second kappa shape index (κ2) is 7.25. The molecule has 0 bridgehead atoms. The van der Waals surface area contributed by atoms with Crippen molar-refractivity contribution in [2.24, 2.45) is 0 Å². The van der Waals surface area contributed by atoms with E-state index in [0.29, 0.717) is 27.8 Å². The molecule has 0 saturated carbocycles. The fraction of sp³-hybridized carbons (Fsp3) is 0.389. The normalized spacial score (nSPS) is 18.8. The van der Waals surface area contributed by atoms with Crippen molar-refractivity contribution in [3.63, 3.8) is 0 Å². The molecule has 8 heteroatoms. The highest BCUT2D eigenvalue weighted by Gasteiger charge is 2.31. The van der Waals surface area contributed by atoms with Gasteiger partial charge in [0.05, 0.1) is 16.5 Å². The second-order valence-electron chi connectivity index (χ2n) is 6.50. The van der Waals surface area contributed by atoms with E-state index < -0.39 is 9.84 Å². The van der Waals surface area contributed by atoms with E-state index in [1.807, 2.05) is 18.4 Å². The summed E-state index contributed by atoms with van der Waals surface area (Å²) in [7, 11) is -3.00. The average molecular weight is 416 g/mol. The molecular formula is C18H19Cl2NO4S. The van der Waals surface area contributed by atoms with Crippen LogP contribution >= 0.6 is 23.2 Å². The third kappa shape index (κ3) is 3.92. The first-order valence-electron chi connectivity index (χ1n) is 8.18. The van der Waals surface area contributed by atoms with Gasteiger partial charge in [-0.3, -0.25) is 4.79 Å². The van der Waals surface area contributed by atoms with E-state index in [9.17, 15) is 13.2 Å². The molecule has 140 valence electrons. The summed E-state index contributed by atoms with van der Waals surface area (Å²) < 4.78 is 31.0. The number of ether oxygens (including phenoxy) is 1. The molecule has 3 rings (SSSR count). The van der Waals surface area contributed by atoms with Gasteiger partial charge in [-0.2, -0.15) is 0 Å². The first-order chi connectivity index (χ1) is 12.2. The van der Waals surface area contributed by atoms with Crippen molar-refractivity contribution in [3.8, 4) is 5.75 Å². The molecule has 0 aliphatic carbocycles. The molecule has 26 heavy (non-hydrogen) atoms. The lowest BCUT2D eigenvalue weighted by Crippen LogP contribution is -2.16. The van der Waals surface area contributed by atoms with Crippen LogP contribution in [0.2, 0.25) is 10.0 Å². The molecule has 1 aliphatic rings. The molecule has 2 heterocycles. The number of rotatable bonds is 5. The summed E-state index contributed by atoms with van der Waals surface area (Å²) >= 11 is 11.9. The van der Waals surface area contributed by atoms with Gasteiger partial charge in [0.15, 0.2) is 16.4 Å². The number of aromatic nitrogens is 1. The molecule has 5 nitrogen and oxygen atoms in total. The van der Waals surface area contributed by atoms with E-state index in [1.54, 1.807) is 24.3 Å². The molecule has 1 fully saturated rings. The fourth-order valence-electron chi connectivity index (χ4n) is 3.41. The van der Waals surface area contributed by atoms with E-state index in [0.717, 1.165) is 11.4 Å². The Morgan fingerprint density at radius 3 is 2.62 bits per heavy atom. The van der Waals surface area contributed by atoms with Crippen LogP contribution in [0.3, 0.4) is 0 Å². The quantitative estimate of drug-likeness (QED) is 0.691. The number of carbonyl (C=O) groups excluding carboxylic acids is 1. The van der Waals surface area contributed by atoms with Gasteiger partial charge in [0, 0.05) is 28.0 Å². The van der Waals surface area contributed by atoms with Gasteiger partial charge in [-0.15, -0.1) is 0 Å². The van der Waals surface area contributed by atoms with Crippen LogP contribution in [0.4, 0.5) is 0 Å². The van der Waals surface area contributed by atoms with Gasteiger partial charge in [-0.25, -0.2) is 8.42 Å². The van der Waals surface area contributed by atoms with Crippen LogP contribution in [-0.4, -0.2) is 36.9 Å². The molecular weight excluding hydrogens is 397 g/mol.